The minimum Gasteiger partial charge on any atom is -0.496 e. The lowest BCUT2D eigenvalue weighted by Crippen LogP contribution is -2.41. The van der Waals surface area contributed by atoms with Crippen LogP contribution in [0.4, 0.5) is 0 Å². The molecule has 118 valence electrons. The molecule has 0 atom stereocenters. The van der Waals surface area contributed by atoms with Gasteiger partial charge in [0.1, 0.15) is 17.1 Å². The molecule has 0 saturated carbocycles. The molecule has 1 aromatic carbocycles. The number of hydrogen-bond acceptors (Lipinski definition) is 3. The van der Waals surface area contributed by atoms with Gasteiger partial charge in [-0.05, 0) is 25.0 Å². The van der Waals surface area contributed by atoms with Crippen LogP contribution >= 0.6 is 15.9 Å². The van der Waals surface area contributed by atoms with Gasteiger partial charge in [0.05, 0.1) is 14.2 Å². The SMILES string of the molecule is CCC(CC)N(CCBr)C(=O)c1c(OC)cccc1OC. The monoisotopic (exact) mass is 357 g/mol. The number of carbonyl (C=O) groups is 1. The van der Waals surface area contributed by atoms with Crippen molar-refractivity contribution in [2.75, 3.05) is 26.1 Å². The summed E-state index contributed by atoms with van der Waals surface area (Å²) >= 11 is 3.43. The number of benzene rings is 1. The maximum absolute atomic E-state index is 13.0. The van der Waals surface area contributed by atoms with E-state index in [1.807, 2.05) is 11.0 Å². The van der Waals surface area contributed by atoms with E-state index < -0.39 is 0 Å². The molecule has 0 N–H and O–H groups in total. The largest absolute Gasteiger partial charge is 0.496 e. The zero-order valence-corrected chi connectivity index (χ0v) is 14.8. The van der Waals surface area contributed by atoms with E-state index in [1.54, 1.807) is 26.4 Å². The third-order valence-corrected chi connectivity index (χ3v) is 3.97. The molecule has 0 aromatic heterocycles. The molecule has 0 fully saturated rings. The normalized spacial score (nSPS) is 10.6. The Morgan fingerprint density at radius 1 is 1.19 bits per heavy atom. The van der Waals surface area contributed by atoms with E-state index >= 15 is 0 Å². The second-order valence-electron chi connectivity index (χ2n) is 4.70. The van der Waals surface area contributed by atoms with Crippen molar-refractivity contribution in [2.45, 2.75) is 32.7 Å². The van der Waals surface area contributed by atoms with Crippen LogP contribution in [0.1, 0.15) is 37.0 Å². The van der Waals surface area contributed by atoms with Crippen LogP contribution in [0, 0.1) is 0 Å². The Labute approximate surface area is 135 Å². The highest BCUT2D eigenvalue weighted by Gasteiger charge is 2.27. The van der Waals surface area contributed by atoms with Gasteiger partial charge in [-0.1, -0.05) is 35.8 Å². The molecule has 0 aliphatic heterocycles. The van der Waals surface area contributed by atoms with Gasteiger partial charge in [0.25, 0.3) is 5.91 Å². The fraction of sp³-hybridized carbons (Fsp3) is 0.562. The Kier molecular flexibility index (Phi) is 7.57. The Hall–Kier alpha value is -1.23. The van der Waals surface area contributed by atoms with E-state index in [2.05, 4.69) is 29.8 Å². The third-order valence-electron chi connectivity index (χ3n) is 3.61. The molecular weight excluding hydrogens is 334 g/mol. The number of carbonyl (C=O) groups excluding carboxylic acids is 1. The molecule has 5 heteroatoms. The van der Waals surface area contributed by atoms with E-state index in [0.717, 1.165) is 18.2 Å². The first-order chi connectivity index (χ1) is 10.1. The molecule has 0 spiro atoms. The first kappa shape index (κ1) is 17.8. The predicted octanol–water partition coefficient (Wildman–Crippen LogP) is 3.73. The van der Waals surface area contributed by atoms with Crippen LogP contribution in [-0.4, -0.2) is 42.9 Å². The van der Waals surface area contributed by atoms with Gasteiger partial charge in [-0.25, -0.2) is 0 Å². The zero-order valence-electron chi connectivity index (χ0n) is 13.2. The maximum Gasteiger partial charge on any atom is 0.261 e. The summed E-state index contributed by atoms with van der Waals surface area (Å²) in [5.74, 6) is 1.05. The minimum absolute atomic E-state index is 0.0440. The molecule has 0 aliphatic carbocycles. The van der Waals surface area contributed by atoms with Crippen molar-refractivity contribution in [2.24, 2.45) is 0 Å². The lowest BCUT2D eigenvalue weighted by Gasteiger charge is -2.31. The maximum atomic E-state index is 13.0. The summed E-state index contributed by atoms with van der Waals surface area (Å²) in [6, 6.07) is 5.61. The van der Waals surface area contributed by atoms with Gasteiger partial charge >= 0.3 is 0 Å². The third kappa shape index (κ3) is 4.13. The van der Waals surface area contributed by atoms with Crippen LogP contribution in [-0.2, 0) is 0 Å². The predicted molar refractivity (Wildman–Crippen MR) is 88.7 cm³/mol. The molecule has 0 saturated heterocycles. The Morgan fingerprint density at radius 2 is 1.71 bits per heavy atom. The van der Waals surface area contributed by atoms with Crippen molar-refractivity contribution in [3.05, 3.63) is 23.8 Å². The zero-order chi connectivity index (χ0) is 15.8. The van der Waals surface area contributed by atoms with Gasteiger partial charge in [-0.3, -0.25) is 4.79 Å². The van der Waals surface area contributed by atoms with Crippen LogP contribution in [0.2, 0.25) is 0 Å². The number of hydrogen-bond donors (Lipinski definition) is 0. The van der Waals surface area contributed by atoms with Gasteiger partial charge in [0.15, 0.2) is 0 Å². The minimum atomic E-state index is -0.0440. The number of amides is 1. The lowest BCUT2D eigenvalue weighted by atomic mass is 10.1. The topological polar surface area (TPSA) is 38.8 Å². The summed E-state index contributed by atoms with van der Waals surface area (Å²) in [5, 5.41) is 0.743. The summed E-state index contributed by atoms with van der Waals surface area (Å²) in [4.78, 5) is 14.9. The Balaban J connectivity index is 3.25. The van der Waals surface area contributed by atoms with Crippen LogP contribution in [0.3, 0.4) is 0 Å². The Bertz CT molecular complexity index is 439. The van der Waals surface area contributed by atoms with Crippen LogP contribution < -0.4 is 9.47 Å². The van der Waals surface area contributed by atoms with Gasteiger partial charge in [0, 0.05) is 17.9 Å². The van der Waals surface area contributed by atoms with Crippen molar-refractivity contribution in [3.8, 4) is 11.5 Å². The fourth-order valence-corrected chi connectivity index (χ4v) is 2.86. The molecule has 0 bridgehead atoms. The highest BCUT2D eigenvalue weighted by molar-refractivity contribution is 9.09. The quantitative estimate of drug-likeness (QED) is 0.665. The van der Waals surface area contributed by atoms with Crippen molar-refractivity contribution in [3.63, 3.8) is 0 Å². The van der Waals surface area contributed by atoms with Crippen LogP contribution in [0.15, 0.2) is 18.2 Å². The summed E-state index contributed by atoms with van der Waals surface area (Å²) in [6.07, 6.45) is 1.85. The summed E-state index contributed by atoms with van der Waals surface area (Å²) in [7, 11) is 3.13. The van der Waals surface area contributed by atoms with E-state index in [9.17, 15) is 4.79 Å². The summed E-state index contributed by atoms with van der Waals surface area (Å²) < 4.78 is 10.7. The summed E-state index contributed by atoms with van der Waals surface area (Å²) in [6.45, 7) is 4.86. The van der Waals surface area contributed by atoms with E-state index in [0.29, 0.717) is 23.6 Å². The second-order valence-corrected chi connectivity index (χ2v) is 5.49. The summed E-state index contributed by atoms with van der Waals surface area (Å²) in [5.41, 5.74) is 0.496. The molecule has 1 amide bonds. The number of methoxy groups -OCH3 is 2. The average Bonchev–Trinajstić information content (AvgIpc) is 2.53. The molecule has 0 radical (unpaired) electrons. The highest BCUT2D eigenvalue weighted by atomic mass is 79.9. The number of ether oxygens (including phenoxy) is 2. The molecule has 0 heterocycles. The van der Waals surface area contributed by atoms with E-state index in [4.69, 9.17) is 9.47 Å². The smallest absolute Gasteiger partial charge is 0.261 e. The number of nitrogens with zero attached hydrogens (tertiary/aromatic N) is 1. The van der Waals surface area contributed by atoms with Crippen molar-refractivity contribution in [1.82, 2.24) is 4.90 Å². The van der Waals surface area contributed by atoms with Gasteiger partial charge < -0.3 is 14.4 Å². The second kappa shape index (κ2) is 8.93. The Morgan fingerprint density at radius 3 is 2.10 bits per heavy atom. The fourth-order valence-electron chi connectivity index (χ4n) is 2.48. The average molecular weight is 358 g/mol. The molecule has 21 heavy (non-hydrogen) atoms. The molecular formula is C16H24BrNO3. The van der Waals surface area contributed by atoms with Crippen LogP contribution in [0.25, 0.3) is 0 Å². The lowest BCUT2D eigenvalue weighted by molar-refractivity contribution is 0.0676. The van der Waals surface area contributed by atoms with Gasteiger partial charge in [-0.15, -0.1) is 0 Å². The van der Waals surface area contributed by atoms with Gasteiger partial charge in [0.2, 0.25) is 0 Å². The molecule has 0 aliphatic rings. The van der Waals surface area contributed by atoms with Gasteiger partial charge in [-0.2, -0.15) is 0 Å². The van der Waals surface area contributed by atoms with Crippen LogP contribution in [0.5, 0.6) is 11.5 Å². The molecule has 0 unspecified atom stereocenters. The van der Waals surface area contributed by atoms with Crippen molar-refractivity contribution < 1.29 is 14.3 Å². The van der Waals surface area contributed by atoms with E-state index in [-0.39, 0.29) is 11.9 Å². The number of rotatable bonds is 8. The molecule has 4 nitrogen and oxygen atoms in total. The highest BCUT2D eigenvalue weighted by Crippen LogP contribution is 2.30. The molecule has 1 aromatic rings. The van der Waals surface area contributed by atoms with Crippen molar-refractivity contribution >= 4 is 21.8 Å². The number of alkyl halides is 1. The van der Waals surface area contributed by atoms with Crippen molar-refractivity contribution in [1.29, 1.82) is 0 Å². The standard InChI is InChI=1S/C16H24BrNO3/c1-5-12(6-2)18(11-10-17)16(19)15-13(20-3)8-7-9-14(15)21-4/h7-9,12H,5-6,10-11H2,1-4H3. The number of halogens is 1. The van der Waals surface area contributed by atoms with E-state index in [1.165, 1.54) is 0 Å². The first-order valence-electron chi connectivity index (χ1n) is 7.22. The molecule has 1 rings (SSSR count). The first-order valence-corrected chi connectivity index (χ1v) is 8.34.